The standard InChI is InChI=1S/C19H16ClF3N2O3/c1-28-11-18(27)25-15-6-4-14(5-7-15)24-17(26)9-2-12-10-13(19(21,22)23)3-8-16(12)20/h2-10H,11H2,1H3,(H,24,26)(H,25,27)/b9-2+. The third kappa shape index (κ3) is 6.40. The number of halogens is 4. The Bertz CT molecular complexity index is 881. The van der Waals surface area contributed by atoms with E-state index in [2.05, 4.69) is 10.6 Å². The molecule has 2 amide bonds. The van der Waals surface area contributed by atoms with E-state index in [1.54, 1.807) is 24.3 Å². The summed E-state index contributed by atoms with van der Waals surface area (Å²) < 4.78 is 43.0. The van der Waals surface area contributed by atoms with E-state index < -0.39 is 17.6 Å². The molecule has 0 saturated carbocycles. The number of rotatable bonds is 6. The van der Waals surface area contributed by atoms with E-state index in [0.29, 0.717) is 11.4 Å². The van der Waals surface area contributed by atoms with Gasteiger partial charge in [-0.3, -0.25) is 9.59 Å². The third-order valence-corrected chi connectivity index (χ3v) is 3.79. The highest BCUT2D eigenvalue weighted by atomic mass is 35.5. The largest absolute Gasteiger partial charge is 0.416 e. The smallest absolute Gasteiger partial charge is 0.375 e. The van der Waals surface area contributed by atoms with Crippen molar-refractivity contribution in [1.82, 2.24) is 0 Å². The number of ether oxygens (including phenoxy) is 1. The highest BCUT2D eigenvalue weighted by molar-refractivity contribution is 6.32. The topological polar surface area (TPSA) is 67.4 Å². The molecule has 0 spiro atoms. The maximum atomic E-state index is 12.8. The fourth-order valence-corrected chi connectivity index (χ4v) is 2.34. The van der Waals surface area contributed by atoms with Crippen LogP contribution < -0.4 is 10.6 Å². The Morgan fingerprint density at radius 1 is 1.07 bits per heavy atom. The van der Waals surface area contributed by atoms with Gasteiger partial charge in [0.15, 0.2) is 0 Å². The van der Waals surface area contributed by atoms with Gasteiger partial charge in [0.1, 0.15) is 6.61 Å². The van der Waals surface area contributed by atoms with Crippen LogP contribution in [0.25, 0.3) is 6.08 Å². The van der Waals surface area contributed by atoms with Gasteiger partial charge in [-0.05, 0) is 54.1 Å². The molecule has 0 radical (unpaired) electrons. The van der Waals surface area contributed by atoms with Gasteiger partial charge in [0.05, 0.1) is 5.56 Å². The molecule has 9 heteroatoms. The van der Waals surface area contributed by atoms with Crippen LogP contribution in [0.15, 0.2) is 48.5 Å². The number of carbonyl (C=O) groups excluding carboxylic acids is 2. The maximum absolute atomic E-state index is 12.8. The summed E-state index contributed by atoms with van der Waals surface area (Å²) in [6, 6.07) is 9.14. The first-order chi connectivity index (χ1) is 13.2. The van der Waals surface area contributed by atoms with Crippen LogP contribution in [0.2, 0.25) is 5.02 Å². The molecule has 0 unspecified atom stereocenters. The first kappa shape index (κ1) is 21.5. The fourth-order valence-electron chi connectivity index (χ4n) is 2.16. The molecular formula is C19H16ClF3N2O3. The van der Waals surface area contributed by atoms with Crippen LogP contribution in [0, 0.1) is 0 Å². The van der Waals surface area contributed by atoms with Crippen LogP contribution in [0.5, 0.6) is 0 Å². The van der Waals surface area contributed by atoms with Crippen LogP contribution in [0.1, 0.15) is 11.1 Å². The van der Waals surface area contributed by atoms with Crippen molar-refractivity contribution in [2.75, 3.05) is 24.4 Å². The molecule has 0 heterocycles. The van der Waals surface area contributed by atoms with Crippen LogP contribution in [0.4, 0.5) is 24.5 Å². The minimum Gasteiger partial charge on any atom is -0.375 e. The molecule has 0 atom stereocenters. The molecule has 2 N–H and O–H groups in total. The molecule has 0 aliphatic rings. The highest BCUT2D eigenvalue weighted by Crippen LogP contribution is 2.32. The summed E-state index contributed by atoms with van der Waals surface area (Å²) in [5, 5.41) is 5.24. The first-order valence-electron chi connectivity index (χ1n) is 7.93. The number of anilines is 2. The average molecular weight is 413 g/mol. The van der Waals surface area contributed by atoms with E-state index in [1.807, 2.05) is 0 Å². The Morgan fingerprint density at radius 2 is 1.68 bits per heavy atom. The van der Waals surface area contributed by atoms with Gasteiger partial charge in [0.25, 0.3) is 0 Å². The lowest BCUT2D eigenvalue weighted by Gasteiger charge is -2.08. The maximum Gasteiger partial charge on any atom is 0.416 e. The van der Waals surface area contributed by atoms with Gasteiger partial charge in [0, 0.05) is 29.6 Å². The average Bonchev–Trinajstić information content (AvgIpc) is 2.62. The summed E-state index contributed by atoms with van der Waals surface area (Å²) in [6.07, 6.45) is -2.22. The molecule has 2 rings (SSSR count). The molecule has 0 bridgehead atoms. The molecule has 0 aliphatic heterocycles. The summed E-state index contributed by atoms with van der Waals surface area (Å²) in [4.78, 5) is 23.4. The van der Waals surface area contributed by atoms with Crippen molar-refractivity contribution in [3.05, 3.63) is 64.7 Å². The SMILES string of the molecule is COCC(=O)Nc1ccc(NC(=O)/C=C/c2cc(C(F)(F)F)ccc2Cl)cc1. The Kier molecular flexibility index (Phi) is 7.19. The lowest BCUT2D eigenvalue weighted by Crippen LogP contribution is -2.17. The van der Waals surface area contributed by atoms with Crippen molar-refractivity contribution in [1.29, 1.82) is 0 Å². The van der Waals surface area contributed by atoms with Crippen molar-refractivity contribution in [3.8, 4) is 0 Å². The Balaban J connectivity index is 2.01. The number of alkyl halides is 3. The molecular weight excluding hydrogens is 397 g/mol. The van der Waals surface area contributed by atoms with E-state index in [0.717, 1.165) is 24.3 Å². The summed E-state index contributed by atoms with van der Waals surface area (Å²) in [7, 11) is 1.40. The normalized spacial score (nSPS) is 11.5. The lowest BCUT2D eigenvalue weighted by atomic mass is 10.1. The number of methoxy groups -OCH3 is 1. The van der Waals surface area contributed by atoms with Crippen molar-refractivity contribution in [2.45, 2.75) is 6.18 Å². The fraction of sp³-hybridized carbons (Fsp3) is 0.158. The van der Waals surface area contributed by atoms with Crippen molar-refractivity contribution >= 4 is 40.9 Å². The second-order valence-electron chi connectivity index (χ2n) is 5.62. The van der Waals surface area contributed by atoms with Gasteiger partial charge in [-0.1, -0.05) is 11.6 Å². The molecule has 0 aliphatic carbocycles. The number of benzene rings is 2. The molecule has 0 fully saturated rings. The van der Waals surface area contributed by atoms with Gasteiger partial charge in [-0.2, -0.15) is 13.2 Å². The first-order valence-corrected chi connectivity index (χ1v) is 8.31. The van der Waals surface area contributed by atoms with E-state index in [4.69, 9.17) is 16.3 Å². The van der Waals surface area contributed by atoms with Gasteiger partial charge in [-0.15, -0.1) is 0 Å². The van der Waals surface area contributed by atoms with Crippen LogP contribution in [0.3, 0.4) is 0 Å². The van der Waals surface area contributed by atoms with Crippen molar-refractivity contribution < 1.29 is 27.5 Å². The van der Waals surface area contributed by atoms with E-state index in [9.17, 15) is 22.8 Å². The Morgan fingerprint density at radius 3 is 2.25 bits per heavy atom. The quantitative estimate of drug-likeness (QED) is 0.682. The monoisotopic (exact) mass is 412 g/mol. The summed E-state index contributed by atoms with van der Waals surface area (Å²) in [6.45, 7) is -0.0820. The Hall–Kier alpha value is -2.84. The number of amides is 2. The predicted octanol–water partition coefficient (Wildman–Crippen LogP) is 4.60. The number of hydrogen-bond donors (Lipinski definition) is 2. The van der Waals surface area contributed by atoms with Gasteiger partial charge in [0.2, 0.25) is 11.8 Å². The van der Waals surface area contributed by atoms with Crippen LogP contribution >= 0.6 is 11.6 Å². The van der Waals surface area contributed by atoms with E-state index >= 15 is 0 Å². The molecule has 5 nitrogen and oxygen atoms in total. The van der Waals surface area contributed by atoms with Gasteiger partial charge in [-0.25, -0.2) is 0 Å². The lowest BCUT2D eigenvalue weighted by molar-refractivity contribution is -0.137. The zero-order valence-corrected chi connectivity index (χ0v) is 15.4. The predicted molar refractivity (Wildman–Crippen MR) is 101 cm³/mol. The second-order valence-corrected chi connectivity index (χ2v) is 6.02. The van der Waals surface area contributed by atoms with Gasteiger partial charge < -0.3 is 15.4 Å². The van der Waals surface area contributed by atoms with Crippen LogP contribution in [-0.2, 0) is 20.5 Å². The number of carbonyl (C=O) groups is 2. The minimum atomic E-state index is -4.50. The number of hydrogen-bond acceptors (Lipinski definition) is 3. The molecule has 28 heavy (non-hydrogen) atoms. The Labute approximate surface area is 164 Å². The summed E-state index contributed by atoms with van der Waals surface area (Å²) in [5.41, 5.74) is 0.173. The van der Waals surface area contributed by atoms with Gasteiger partial charge >= 0.3 is 6.18 Å². The zero-order chi connectivity index (χ0) is 20.7. The second kappa shape index (κ2) is 9.38. The summed E-state index contributed by atoms with van der Waals surface area (Å²) >= 11 is 5.88. The molecule has 0 aromatic heterocycles. The molecule has 2 aromatic rings. The minimum absolute atomic E-state index is 0.0721. The third-order valence-electron chi connectivity index (χ3n) is 3.45. The van der Waals surface area contributed by atoms with Crippen LogP contribution in [-0.4, -0.2) is 25.5 Å². The molecule has 0 saturated heterocycles. The number of nitrogens with one attached hydrogen (secondary N) is 2. The van der Waals surface area contributed by atoms with Crippen molar-refractivity contribution in [2.24, 2.45) is 0 Å². The zero-order valence-electron chi connectivity index (χ0n) is 14.6. The highest BCUT2D eigenvalue weighted by Gasteiger charge is 2.30. The molecule has 148 valence electrons. The molecule has 2 aromatic carbocycles. The summed E-state index contributed by atoms with van der Waals surface area (Å²) in [5.74, 6) is -0.871. The van der Waals surface area contributed by atoms with E-state index in [1.165, 1.54) is 13.2 Å². The van der Waals surface area contributed by atoms with E-state index in [-0.39, 0.29) is 23.1 Å². The van der Waals surface area contributed by atoms with Crippen molar-refractivity contribution in [3.63, 3.8) is 0 Å².